The molecule has 32 heavy (non-hydrogen) atoms. The summed E-state index contributed by atoms with van der Waals surface area (Å²) >= 11 is 0. The Morgan fingerprint density at radius 1 is 0.969 bits per heavy atom. The first-order valence-corrected chi connectivity index (χ1v) is 12.0. The van der Waals surface area contributed by atoms with Crippen molar-refractivity contribution in [1.29, 1.82) is 0 Å². The normalized spacial score (nSPS) is 11.6. The predicted octanol–water partition coefficient (Wildman–Crippen LogP) is 3.90. The summed E-state index contributed by atoms with van der Waals surface area (Å²) in [5.41, 5.74) is 0.811. The molecule has 0 saturated carbocycles. The Balaban J connectivity index is 2.10. The van der Waals surface area contributed by atoms with Crippen molar-refractivity contribution in [3.05, 3.63) is 64.6 Å². The van der Waals surface area contributed by atoms with Gasteiger partial charge < -0.3 is 9.47 Å². The molecule has 9 heteroatoms. The standard InChI is InChI=1S/C23H29N3O5S/c1-6-30-19-14-13-18(15-20(19)31-7-2)32(28,29)24-21-22(16(3)4)25(5)26(23(21)27)17-11-9-8-10-12-17/h8-16,24H,6-7H2,1-5H3. The summed E-state index contributed by atoms with van der Waals surface area (Å²) in [5.74, 6) is 0.688. The van der Waals surface area contributed by atoms with Gasteiger partial charge in [0, 0.05) is 13.1 Å². The quantitative estimate of drug-likeness (QED) is 0.524. The van der Waals surface area contributed by atoms with E-state index < -0.39 is 15.6 Å². The Bertz CT molecular complexity index is 1240. The van der Waals surface area contributed by atoms with Gasteiger partial charge in [-0.05, 0) is 44.0 Å². The molecular formula is C23H29N3O5S. The summed E-state index contributed by atoms with van der Waals surface area (Å²) in [6.07, 6.45) is 0. The Morgan fingerprint density at radius 2 is 1.59 bits per heavy atom. The molecule has 0 fully saturated rings. The average molecular weight is 460 g/mol. The van der Waals surface area contributed by atoms with Gasteiger partial charge in [0.1, 0.15) is 5.69 Å². The third kappa shape index (κ3) is 4.52. The molecule has 0 aliphatic heterocycles. The maximum Gasteiger partial charge on any atom is 0.296 e. The fourth-order valence-electron chi connectivity index (χ4n) is 3.63. The van der Waals surface area contributed by atoms with E-state index in [4.69, 9.17) is 9.47 Å². The second-order valence-corrected chi connectivity index (χ2v) is 9.15. The number of nitrogens with zero attached hydrogens (tertiary/aromatic N) is 2. The van der Waals surface area contributed by atoms with Gasteiger partial charge in [0.05, 0.1) is 29.5 Å². The van der Waals surface area contributed by atoms with Crippen LogP contribution in [0.5, 0.6) is 11.5 Å². The zero-order chi connectivity index (χ0) is 23.5. The number of ether oxygens (including phenoxy) is 2. The third-order valence-electron chi connectivity index (χ3n) is 4.92. The lowest BCUT2D eigenvalue weighted by molar-refractivity contribution is 0.287. The number of hydrogen-bond acceptors (Lipinski definition) is 5. The largest absolute Gasteiger partial charge is 0.490 e. The molecule has 8 nitrogen and oxygen atoms in total. The van der Waals surface area contributed by atoms with Gasteiger partial charge in [-0.25, -0.2) is 13.1 Å². The summed E-state index contributed by atoms with van der Waals surface area (Å²) in [5, 5.41) is 0. The number of rotatable bonds is 9. The van der Waals surface area contributed by atoms with E-state index in [0.29, 0.717) is 36.1 Å². The summed E-state index contributed by atoms with van der Waals surface area (Å²) in [6, 6.07) is 13.5. The van der Waals surface area contributed by atoms with E-state index in [2.05, 4.69) is 4.72 Å². The smallest absolute Gasteiger partial charge is 0.296 e. The molecule has 3 aromatic rings. The monoisotopic (exact) mass is 459 g/mol. The van der Waals surface area contributed by atoms with E-state index in [1.165, 1.54) is 16.8 Å². The van der Waals surface area contributed by atoms with Gasteiger partial charge in [-0.15, -0.1) is 0 Å². The fourth-order valence-corrected chi connectivity index (χ4v) is 4.72. The van der Waals surface area contributed by atoms with Crippen molar-refractivity contribution in [2.45, 2.75) is 38.5 Å². The van der Waals surface area contributed by atoms with Gasteiger partial charge in [-0.2, -0.15) is 0 Å². The first-order chi connectivity index (χ1) is 15.2. The minimum Gasteiger partial charge on any atom is -0.490 e. The van der Waals surface area contributed by atoms with Gasteiger partial charge in [-0.3, -0.25) is 14.2 Å². The van der Waals surface area contributed by atoms with Crippen LogP contribution in [-0.4, -0.2) is 31.0 Å². The Kier molecular flexibility index (Phi) is 6.98. The predicted molar refractivity (Wildman–Crippen MR) is 125 cm³/mol. The molecule has 0 aliphatic rings. The number of sulfonamides is 1. The van der Waals surface area contributed by atoms with Crippen molar-refractivity contribution in [3.8, 4) is 17.2 Å². The minimum atomic E-state index is -4.06. The Labute approximate surface area is 188 Å². The molecule has 0 spiro atoms. The average Bonchev–Trinajstić information content (AvgIpc) is 2.99. The SMILES string of the molecule is CCOc1ccc(S(=O)(=O)Nc2c(C(C)C)n(C)n(-c3ccccc3)c2=O)cc1OCC. The molecule has 0 amide bonds. The molecule has 0 atom stereocenters. The van der Waals surface area contributed by atoms with E-state index in [-0.39, 0.29) is 16.5 Å². The zero-order valence-corrected chi connectivity index (χ0v) is 19.8. The molecule has 0 saturated heterocycles. The van der Waals surface area contributed by atoms with E-state index in [1.807, 2.05) is 39.0 Å². The van der Waals surface area contributed by atoms with Crippen LogP contribution in [0.2, 0.25) is 0 Å². The number of nitrogens with one attached hydrogen (secondary N) is 1. The molecule has 2 aromatic carbocycles. The van der Waals surface area contributed by atoms with Crippen molar-refractivity contribution < 1.29 is 17.9 Å². The molecule has 3 rings (SSSR count). The zero-order valence-electron chi connectivity index (χ0n) is 19.0. The van der Waals surface area contributed by atoms with E-state index in [1.54, 1.807) is 36.9 Å². The molecular weight excluding hydrogens is 430 g/mol. The highest BCUT2D eigenvalue weighted by Crippen LogP contribution is 2.32. The van der Waals surface area contributed by atoms with Crippen LogP contribution < -0.4 is 19.8 Å². The van der Waals surface area contributed by atoms with Crippen LogP contribution in [0.1, 0.15) is 39.3 Å². The fraction of sp³-hybridized carbons (Fsp3) is 0.348. The molecule has 0 aliphatic carbocycles. The van der Waals surface area contributed by atoms with Crippen LogP contribution in [-0.2, 0) is 17.1 Å². The summed E-state index contributed by atoms with van der Waals surface area (Å²) in [6.45, 7) is 8.24. The van der Waals surface area contributed by atoms with Gasteiger partial charge in [0.25, 0.3) is 15.6 Å². The molecule has 1 N–H and O–H groups in total. The van der Waals surface area contributed by atoms with Gasteiger partial charge in [0.15, 0.2) is 11.5 Å². The van der Waals surface area contributed by atoms with Gasteiger partial charge in [0.2, 0.25) is 0 Å². The highest BCUT2D eigenvalue weighted by molar-refractivity contribution is 7.92. The molecule has 0 radical (unpaired) electrons. The summed E-state index contributed by atoms with van der Waals surface area (Å²) in [4.78, 5) is 13.3. The van der Waals surface area contributed by atoms with Crippen LogP contribution >= 0.6 is 0 Å². The molecule has 1 heterocycles. The van der Waals surface area contributed by atoms with Crippen LogP contribution in [0.15, 0.2) is 58.2 Å². The molecule has 0 bridgehead atoms. The molecule has 0 unspecified atom stereocenters. The van der Waals surface area contributed by atoms with Gasteiger partial charge in [-0.1, -0.05) is 32.0 Å². The van der Waals surface area contributed by atoms with E-state index in [9.17, 15) is 13.2 Å². The van der Waals surface area contributed by atoms with Crippen LogP contribution in [0.3, 0.4) is 0 Å². The Morgan fingerprint density at radius 3 is 2.19 bits per heavy atom. The van der Waals surface area contributed by atoms with Gasteiger partial charge >= 0.3 is 0 Å². The highest BCUT2D eigenvalue weighted by Gasteiger charge is 2.26. The van der Waals surface area contributed by atoms with Crippen LogP contribution in [0.25, 0.3) is 5.69 Å². The maximum absolute atomic E-state index is 13.3. The number of aromatic nitrogens is 2. The van der Waals surface area contributed by atoms with Crippen molar-refractivity contribution in [3.63, 3.8) is 0 Å². The van der Waals surface area contributed by atoms with Crippen molar-refractivity contribution in [1.82, 2.24) is 9.36 Å². The number of anilines is 1. The summed E-state index contributed by atoms with van der Waals surface area (Å²) < 4.78 is 43.2. The first-order valence-electron chi connectivity index (χ1n) is 10.5. The van der Waals surface area contributed by atoms with Crippen molar-refractivity contribution in [2.24, 2.45) is 7.05 Å². The van der Waals surface area contributed by atoms with Crippen molar-refractivity contribution in [2.75, 3.05) is 17.9 Å². The Hall–Kier alpha value is -3.20. The first kappa shape index (κ1) is 23.5. The number of benzene rings is 2. The maximum atomic E-state index is 13.3. The lowest BCUT2D eigenvalue weighted by atomic mass is 10.1. The molecule has 1 aromatic heterocycles. The lowest BCUT2D eigenvalue weighted by Crippen LogP contribution is -2.23. The second kappa shape index (κ2) is 9.52. The highest BCUT2D eigenvalue weighted by atomic mass is 32.2. The van der Waals surface area contributed by atoms with Crippen molar-refractivity contribution >= 4 is 15.7 Å². The van der Waals surface area contributed by atoms with Crippen LogP contribution in [0, 0.1) is 0 Å². The van der Waals surface area contributed by atoms with Crippen LogP contribution in [0.4, 0.5) is 5.69 Å². The third-order valence-corrected chi connectivity index (χ3v) is 6.27. The molecule has 172 valence electrons. The summed E-state index contributed by atoms with van der Waals surface area (Å²) in [7, 11) is -2.32. The lowest BCUT2D eigenvalue weighted by Gasteiger charge is -2.14. The second-order valence-electron chi connectivity index (χ2n) is 7.47. The number of hydrogen-bond donors (Lipinski definition) is 1. The minimum absolute atomic E-state index is 0.0198. The number of para-hydroxylation sites is 1. The topological polar surface area (TPSA) is 91.6 Å². The van der Waals surface area contributed by atoms with E-state index >= 15 is 0 Å². The van der Waals surface area contributed by atoms with E-state index in [0.717, 1.165) is 0 Å².